The Morgan fingerprint density at radius 3 is 2.68 bits per heavy atom. The third-order valence-electron chi connectivity index (χ3n) is 5.29. The number of carbonyl (C=O) groups is 1. The van der Waals surface area contributed by atoms with Crippen molar-refractivity contribution < 1.29 is 27.3 Å². The number of benzene rings is 1. The zero-order valence-electron chi connectivity index (χ0n) is 18.1. The summed E-state index contributed by atoms with van der Waals surface area (Å²) in [5, 5.41) is 10.6. The van der Waals surface area contributed by atoms with Crippen LogP contribution < -0.4 is 5.32 Å². The highest BCUT2D eigenvalue weighted by molar-refractivity contribution is 7.92. The van der Waals surface area contributed by atoms with E-state index < -0.39 is 15.7 Å². The van der Waals surface area contributed by atoms with Crippen molar-refractivity contribution in [3.05, 3.63) is 41.9 Å². The van der Waals surface area contributed by atoms with E-state index >= 15 is 0 Å². The Labute approximate surface area is 199 Å². The van der Waals surface area contributed by atoms with E-state index in [4.69, 9.17) is 14.1 Å². The van der Waals surface area contributed by atoms with Crippen molar-refractivity contribution in [1.82, 2.24) is 15.1 Å². The fourth-order valence-electron chi connectivity index (χ4n) is 3.31. The molecule has 1 saturated heterocycles. The summed E-state index contributed by atoms with van der Waals surface area (Å²) in [6.07, 6.45) is 3.29. The summed E-state index contributed by atoms with van der Waals surface area (Å²) in [5.74, 6) is 0.243. The minimum absolute atomic E-state index is 0.00516. The molecule has 1 atom stereocenters. The lowest BCUT2D eigenvalue weighted by Crippen LogP contribution is -2.25. The van der Waals surface area contributed by atoms with Crippen LogP contribution in [0.15, 0.2) is 45.0 Å². The van der Waals surface area contributed by atoms with Gasteiger partial charge in [-0.1, -0.05) is 33.8 Å². The molecule has 1 amide bonds. The van der Waals surface area contributed by atoms with E-state index in [0.29, 0.717) is 59.8 Å². The fourth-order valence-corrected chi connectivity index (χ4v) is 5.71. The number of oxime groups is 1. The number of sulfone groups is 1. The Bertz CT molecular complexity index is 1320. The van der Waals surface area contributed by atoms with Gasteiger partial charge in [-0.15, -0.1) is 0 Å². The molecule has 11 nitrogen and oxygen atoms in total. The molecule has 1 aliphatic carbocycles. The van der Waals surface area contributed by atoms with E-state index in [1.54, 1.807) is 19.1 Å². The van der Waals surface area contributed by atoms with Crippen LogP contribution in [0.3, 0.4) is 0 Å². The Balaban J connectivity index is 1.37. The molecule has 1 aliphatic heterocycles. The molecule has 0 unspecified atom stereocenters. The van der Waals surface area contributed by atoms with E-state index in [0.717, 1.165) is 0 Å². The highest BCUT2D eigenvalue weighted by atomic mass is 32.2. The van der Waals surface area contributed by atoms with Crippen molar-refractivity contribution in [3.8, 4) is 10.7 Å². The van der Waals surface area contributed by atoms with Gasteiger partial charge >= 0.3 is 0 Å². The largest absolute Gasteiger partial charge is 0.389 e. The monoisotopic (exact) mass is 503 g/mol. The van der Waals surface area contributed by atoms with Crippen molar-refractivity contribution in [2.45, 2.75) is 42.4 Å². The average molecular weight is 504 g/mol. The molecule has 1 N–H and O–H groups in total. The summed E-state index contributed by atoms with van der Waals surface area (Å²) in [6.45, 7) is 2.63. The standard InChI is InChI=1S/C21H21N5O6S2/c1-12-23-19(26-31-12)17-10-22-21(33-17)24-20(27)18(25-32-14-8-9-30-11-14)13-2-4-15(5-3-13)34(28,29)16-6-7-16/h2-5,10,14,16H,6-9,11H2,1H3,(H,22,24,27)/b25-18+/t14-/m1/s1. The van der Waals surface area contributed by atoms with Gasteiger partial charge in [0.25, 0.3) is 5.91 Å². The summed E-state index contributed by atoms with van der Waals surface area (Å²) < 4.78 is 35.3. The molecule has 1 aromatic carbocycles. The third-order valence-corrected chi connectivity index (χ3v) is 8.48. The number of ether oxygens (including phenoxy) is 1. The normalized spacial score (nSPS) is 18.7. The molecule has 34 heavy (non-hydrogen) atoms. The molecule has 0 bridgehead atoms. The van der Waals surface area contributed by atoms with Crippen LogP contribution in [-0.4, -0.2) is 59.7 Å². The average Bonchev–Trinajstić information content (AvgIpc) is 3.18. The van der Waals surface area contributed by atoms with Gasteiger partial charge in [0.05, 0.1) is 34.4 Å². The van der Waals surface area contributed by atoms with Crippen LogP contribution in [0.4, 0.5) is 5.13 Å². The number of thiazole rings is 1. The summed E-state index contributed by atoms with van der Waals surface area (Å²) in [4.78, 5) is 27.8. The molecule has 2 aliphatic rings. The van der Waals surface area contributed by atoms with Crippen LogP contribution in [0.25, 0.3) is 10.7 Å². The molecule has 2 aromatic heterocycles. The summed E-state index contributed by atoms with van der Waals surface area (Å²) in [7, 11) is -3.34. The number of carbonyl (C=O) groups excluding carboxylic acids is 1. The van der Waals surface area contributed by atoms with Gasteiger partial charge in [-0.05, 0) is 25.0 Å². The fraction of sp³-hybridized carbons (Fsp3) is 0.381. The number of nitrogens with zero attached hydrogens (tertiary/aromatic N) is 4. The van der Waals surface area contributed by atoms with E-state index in [1.807, 2.05) is 0 Å². The molecule has 5 rings (SSSR count). The van der Waals surface area contributed by atoms with Crippen LogP contribution in [0.5, 0.6) is 0 Å². The van der Waals surface area contributed by atoms with E-state index in [1.165, 1.54) is 29.7 Å². The predicted molar refractivity (Wildman–Crippen MR) is 122 cm³/mol. The van der Waals surface area contributed by atoms with E-state index in [9.17, 15) is 13.2 Å². The molecule has 3 heterocycles. The number of hydrogen-bond acceptors (Lipinski definition) is 11. The van der Waals surface area contributed by atoms with E-state index in [2.05, 4.69) is 25.6 Å². The van der Waals surface area contributed by atoms with Gasteiger partial charge in [-0.2, -0.15) is 4.98 Å². The number of rotatable bonds is 8. The zero-order valence-corrected chi connectivity index (χ0v) is 19.8. The van der Waals surface area contributed by atoms with Crippen LogP contribution in [0.2, 0.25) is 0 Å². The van der Waals surface area contributed by atoms with Crippen molar-refractivity contribution >= 4 is 37.9 Å². The molecule has 0 radical (unpaired) electrons. The van der Waals surface area contributed by atoms with Crippen molar-refractivity contribution in [2.75, 3.05) is 18.5 Å². The quantitative estimate of drug-likeness (QED) is 0.362. The maximum atomic E-state index is 13.1. The molecule has 178 valence electrons. The summed E-state index contributed by atoms with van der Waals surface area (Å²) in [5.41, 5.74) is 0.408. The minimum Gasteiger partial charge on any atom is -0.389 e. The van der Waals surface area contributed by atoms with Gasteiger partial charge in [0.2, 0.25) is 11.7 Å². The van der Waals surface area contributed by atoms with Crippen LogP contribution in [-0.2, 0) is 24.2 Å². The highest BCUT2D eigenvalue weighted by Gasteiger charge is 2.36. The first-order valence-electron chi connectivity index (χ1n) is 10.6. The second kappa shape index (κ2) is 9.24. The first-order valence-corrected chi connectivity index (χ1v) is 13.0. The van der Waals surface area contributed by atoms with Gasteiger partial charge in [0.15, 0.2) is 26.8 Å². The number of aryl methyl sites for hydroxylation is 1. The Morgan fingerprint density at radius 1 is 1.24 bits per heavy atom. The number of amides is 1. The summed E-state index contributed by atoms with van der Waals surface area (Å²) >= 11 is 1.18. The minimum atomic E-state index is -3.34. The second-order valence-electron chi connectivity index (χ2n) is 7.92. The smallest absolute Gasteiger partial charge is 0.280 e. The molecule has 2 fully saturated rings. The van der Waals surface area contributed by atoms with E-state index in [-0.39, 0.29) is 22.0 Å². The van der Waals surface area contributed by atoms with Crippen molar-refractivity contribution in [2.24, 2.45) is 5.16 Å². The molecule has 1 saturated carbocycles. The third kappa shape index (κ3) is 4.86. The maximum Gasteiger partial charge on any atom is 0.280 e. The van der Waals surface area contributed by atoms with Gasteiger partial charge < -0.3 is 14.1 Å². The molecular weight excluding hydrogens is 482 g/mol. The number of anilines is 1. The first kappa shape index (κ1) is 22.6. The lowest BCUT2D eigenvalue weighted by molar-refractivity contribution is -0.110. The number of nitrogens with one attached hydrogen (secondary N) is 1. The number of aromatic nitrogens is 3. The SMILES string of the molecule is Cc1nc(-c2cnc(NC(=O)/C(=N/O[C@@H]3CCOC3)c3ccc(S(=O)(=O)C4CC4)cc3)s2)no1. The zero-order chi connectivity index (χ0) is 23.7. The predicted octanol–water partition coefficient (Wildman–Crippen LogP) is 2.59. The molecule has 0 spiro atoms. The first-order chi connectivity index (χ1) is 16.4. The van der Waals surface area contributed by atoms with Gasteiger partial charge in [0, 0.05) is 18.9 Å². The molecular formula is C21H21N5O6S2. The van der Waals surface area contributed by atoms with Gasteiger partial charge in [-0.25, -0.2) is 13.4 Å². The Morgan fingerprint density at radius 2 is 2.03 bits per heavy atom. The lowest BCUT2D eigenvalue weighted by atomic mass is 10.1. The van der Waals surface area contributed by atoms with Gasteiger partial charge in [-0.3, -0.25) is 10.1 Å². The molecule has 13 heteroatoms. The maximum absolute atomic E-state index is 13.1. The van der Waals surface area contributed by atoms with Crippen LogP contribution in [0, 0.1) is 6.92 Å². The topological polar surface area (TPSA) is 146 Å². The second-order valence-corrected chi connectivity index (χ2v) is 11.2. The molecule has 3 aromatic rings. The highest BCUT2D eigenvalue weighted by Crippen LogP contribution is 2.33. The lowest BCUT2D eigenvalue weighted by Gasteiger charge is -2.10. The van der Waals surface area contributed by atoms with Crippen molar-refractivity contribution in [1.29, 1.82) is 0 Å². The Kier molecular flexibility index (Phi) is 6.15. The van der Waals surface area contributed by atoms with Crippen molar-refractivity contribution in [3.63, 3.8) is 0 Å². The summed E-state index contributed by atoms with van der Waals surface area (Å²) in [6, 6.07) is 6.09. The Hall–Kier alpha value is -3.16. The van der Waals surface area contributed by atoms with Crippen LogP contribution in [0.1, 0.15) is 30.7 Å². The van der Waals surface area contributed by atoms with Crippen LogP contribution >= 0.6 is 11.3 Å². The number of hydrogen-bond donors (Lipinski definition) is 1. The van der Waals surface area contributed by atoms with Gasteiger partial charge in [0.1, 0.15) is 0 Å².